The Morgan fingerprint density at radius 2 is 1.02 bits per heavy atom. The molecular weight excluding hydrogens is 739 g/mol. The van der Waals surface area contributed by atoms with Crippen molar-refractivity contribution in [3.8, 4) is 33.8 Å². The average Bonchev–Trinajstić information content (AvgIpc) is 3.04. The standard InChI is InChI=1S/C34H32F6N4O6S2/c1-51(45,46)41-27-7-3-21(17-25(27)33(35,36)37)23-5-9-29-31(19-23)50-32-20-24(6-10-30(32)44(29)12-11-43-13-15-49-16-14-43)22-4-8-28(42-52(2,47)48)26(18-22)34(38,39)40/h3-10,17-20,41-42H,11-16H2,1-2H3. The minimum atomic E-state index is -4.88. The Bertz CT molecular complexity index is 2080. The highest BCUT2D eigenvalue weighted by Gasteiger charge is 2.36. The number of morpholine rings is 1. The van der Waals surface area contributed by atoms with Crippen molar-refractivity contribution in [2.24, 2.45) is 0 Å². The number of hydrogen-bond acceptors (Lipinski definition) is 8. The first-order chi connectivity index (χ1) is 24.2. The fraction of sp³-hybridized carbons (Fsp3) is 0.294. The molecule has 0 amide bonds. The molecule has 1 saturated heterocycles. The number of hydrogen-bond donors (Lipinski definition) is 2. The molecule has 10 nitrogen and oxygen atoms in total. The highest BCUT2D eigenvalue weighted by molar-refractivity contribution is 7.92. The molecule has 0 bridgehead atoms. The summed E-state index contributed by atoms with van der Waals surface area (Å²) in [6.45, 7) is 3.62. The summed E-state index contributed by atoms with van der Waals surface area (Å²) in [4.78, 5) is 4.16. The van der Waals surface area contributed by atoms with Crippen LogP contribution >= 0.6 is 0 Å². The lowest BCUT2D eigenvalue weighted by atomic mass is 9.98. The number of benzene rings is 4. The van der Waals surface area contributed by atoms with Gasteiger partial charge in [-0.1, -0.05) is 24.3 Å². The van der Waals surface area contributed by atoms with Crippen LogP contribution in [0.4, 0.5) is 49.1 Å². The van der Waals surface area contributed by atoms with Crippen molar-refractivity contribution in [1.82, 2.24) is 4.90 Å². The van der Waals surface area contributed by atoms with E-state index in [0.717, 1.165) is 36.8 Å². The van der Waals surface area contributed by atoms with Crippen LogP contribution in [0.1, 0.15) is 11.1 Å². The summed E-state index contributed by atoms with van der Waals surface area (Å²) in [6.07, 6.45) is -8.28. The van der Waals surface area contributed by atoms with E-state index in [9.17, 15) is 43.2 Å². The van der Waals surface area contributed by atoms with Gasteiger partial charge in [0.05, 0.1) is 59.6 Å². The van der Waals surface area contributed by atoms with Crippen LogP contribution in [0.15, 0.2) is 72.8 Å². The van der Waals surface area contributed by atoms with Crippen LogP contribution in [-0.2, 0) is 37.1 Å². The van der Waals surface area contributed by atoms with Crippen molar-refractivity contribution in [2.75, 3.05) is 66.2 Å². The molecule has 18 heteroatoms. The lowest BCUT2D eigenvalue weighted by Crippen LogP contribution is -2.41. The number of ether oxygens (including phenoxy) is 2. The lowest BCUT2D eigenvalue weighted by Gasteiger charge is -2.35. The van der Waals surface area contributed by atoms with E-state index in [0.29, 0.717) is 61.9 Å². The molecule has 52 heavy (non-hydrogen) atoms. The maximum atomic E-state index is 14.0. The summed E-state index contributed by atoms with van der Waals surface area (Å²) in [5.41, 5.74) is -1.54. The third-order valence-electron chi connectivity index (χ3n) is 8.37. The highest BCUT2D eigenvalue weighted by atomic mass is 32.2. The molecule has 4 aromatic carbocycles. The van der Waals surface area contributed by atoms with E-state index in [1.165, 1.54) is 12.1 Å². The van der Waals surface area contributed by atoms with Crippen molar-refractivity contribution in [1.29, 1.82) is 0 Å². The second-order valence-corrected chi connectivity index (χ2v) is 15.8. The molecule has 0 saturated carbocycles. The highest BCUT2D eigenvalue weighted by Crippen LogP contribution is 2.50. The molecule has 0 unspecified atom stereocenters. The predicted molar refractivity (Wildman–Crippen MR) is 185 cm³/mol. The Morgan fingerprint density at radius 1 is 0.615 bits per heavy atom. The molecule has 4 aromatic rings. The Kier molecular flexibility index (Phi) is 9.88. The molecule has 6 rings (SSSR count). The quantitative estimate of drug-likeness (QED) is 0.170. The van der Waals surface area contributed by atoms with Crippen LogP contribution in [0.25, 0.3) is 22.3 Å². The van der Waals surface area contributed by atoms with Gasteiger partial charge in [0.2, 0.25) is 20.0 Å². The van der Waals surface area contributed by atoms with Gasteiger partial charge in [0.25, 0.3) is 0 Å². The van der Waals surface area contributed by atoms with Gasteiger partial charge in [-0.05, 0) is 70.8 Å². The molecule has 278 valence electrons. The molecule has 0 spiro atoms. The average molecular weight is 771 g/mol. The van der Waals surface area contributed by atoms with E-state index < -0.39 is 54.9 Å². The SMILES string of the molecule is CS(=O)(=O)Nc1ccc(-c2ccc3c(c2)Oc2cc(-c4ccc(NS(C)(=O)=O)c(C(F)(F)F)c4)ccc2N3CCN2CCOCC2)cc1C(F)(F)F. The van der Waals surface area contributed by atoms with Crippen molar-refractivity contribution < 1.29 is 52.7 Å². The third kappa shape index (κ3) is 8.57. The van der Waals surface area contributed by atoms with E-state index in [4.69, 9.17) is 9.47 Å². The van der Waals surface area contributed by atoms with Gasteiger partial charge in [0, 0.05) is 26.2 Å². The van der Waals surface area contributed by atoms with Gasteiger partial charge >= 0.3 is 12.4 Å². The molecular formula is C34H32F6N4O6S2. The second-order valence-electron chi connectivity index (χ2n) is 12.3. The molecule has 1 fully saturated rings. The number of nitrogens with one attached hydrogen (secondary N) is 2. The first kappa shape index (κ1) is 37.2. The maximum Gasteiger partial charge on any atom is 0.418 e. The zero-order valence-corrected chi connectivity index (χ0v) is 29.2. The van der Waals surface area contributed by atoms with Crippen LogP contribution < -0.4 is 19.1 Å². The smallest absolute Gasteiger partial charge is 0.418 e. The predicted octanol–water partition coefficient (Wildman–Crippen LogP) is 7.38. The van der Waals surface area contributed by atoms with E-state index in [2.05, 4.69) is 4.90 Å². The van der Waals surface area contributed by atoms with Crippen molar-refractivity contribution >= 4 is 42.8 Å². The molecule has 2 aliphatic heterocycles. The Hall–Kier alpha value is -4.52. The number of halogens is 6. The topological polar surface area (TPSA) is 117 Å². The normalized spacial score (nSPS) is 15.4. The van der Waals surface area contributed by atoms with Crippen molar-refractivity contribution in [3.63, 3.8) is 0 Å². The van der Waals surface area contributed by atoms with Crippen LogP contribution in [0, 0.1) is 0 Å². The Balaban J connectivity index is 1.41. The maximum absolute atomic E-state index is 14.0. The zero-order chi connectivity index (χ0) is 37.6. The fourth-order valence-electron chi connectivity index (χ4n) is 6.05. The van der Waals surface area contributed by atoms with Gasteiger partial charge in [-0.2, -0.15) is 26.3 Å². The summed E-state index contributed by atoms with van der Waals surface area (Å²) in [7, 11) is -8.02. The molecule has 2 N–H and O–H groups in total. The third-order valence-corrected chi connectivity index (χ3v) is 9.55. The first-order valence-electron chi connectivity index (χ1n) is 15.7. The van der Waals surface area contributed by atoms with E-state index in [-0.39, 0.29) is 22.6 Å². The van der Waals surface area contributed by atoms with Crippen LogP contribution in [0.2, 0.25) is 0 Å². The lowest BCUT2D eigenvalue weighted by molar-refractivity contribution is -0.137. The van der Waals surface area contributed by atoms with Gasteiger partial charge in [-0.15, -0.1) is 0 Å². The summed E-state index contributed by atoms with van der Waals surface area (Å²) in [6, 6.07) is 16.1. The van der Waals surface area contributed by atoms with Crippen LogP contribution in [0.5, 0.6) is 11.5 Å². The molecule has 2 aliphatic rings. The van der Waals surface area contributed by atoms with E-state index >= 15 is 0 Å². The second kappa shape index (κ2) is 13.8. The molecule has 0 radical (unpaired) electrons. The van der Waals surface area contributed by atoms with Gasteiger partial charge < -0.3 is 14.4 Å². The number of nitrogens with zero attached hydrogens (tertiary/aromatic N) is 2. The number of rotatable bonds is 9. The van der Waals surface area contributed by atoms with Crippen molar-refractivity contribution in [2.45, 2.75) is 12.4 Å². The van der Waals surface area contributed by atoms with Crippen LogP contribution in [0.3, 0.4) is 0 Å². The summed E-state index contributed by atoms with van der Waals surface area (Å²) >= 11 is 0. The number of fused-ring (bicyclic) bond motifs is 2. The Morgan fingerprint density at radius 3 is 1.42 bits per heavy atom. The molecule has 0 aliphatic carbocycles. The minimum absolute atomic E-state index is 0.125. The van der Waals surface area contributed by atoms with E-state index in [1.807, 2.05) is 14.3 Å². The van der Waals surface area contributed by atoms with Gasteiger partial charge in [-0.3, -0.25) is 14.3 Å². The molecule has 0 aromatic heterocycles. The van der Waals surface area contributed by atoms with Gasteiger partial charge in [0.1, 0.15) is 0 Å². The summed E-state index contributed by atoms with van der Waals surface area (Å²) < 4.78 is 147. The number of sulfonamides is 2. The fourth-order valence-corrected chi connectivity index (χ4v) is 7.20. The Labute approximate surface area is 296 Å². The number of anilines is 4. The van der Waals surface area contributed by atoms with Gasteiger partial charge in [-0.25, -0.2) is 16.8 Å². The van der Waals surface area contributed by atoms with E-state index in [1.54, 1.807) is 36.4 Å². The molecule has 2 heterocycles. The first-order valence-corrected chi connectivity index (χ1v) is 19.5. The summed E-state index contributed by atoms with van der Waals surface area (Å²) in [5.74, 6) is 0.527. The van der Waals surface area contributed by atoms with Gasteiger partial charge in [0.15, 0.2) is 11.5 Å². The molecule has 0 atom stereocenters. The largest absolute Gasteiger partial charge is 0.453 e. The minimum Gasteiger partial charge on any atom is -0.453 e. The zero-order valence-electron chi connectivity index (χ0n) is 27.6. The summed E-state index contributed by atoms with van der Waals surface area (Å²) in [5, 5.41) is 0. The van der Waals surface area contributed by atoms with Crippen LogP contribution in [-0.4, -0.2) is 73.6 Å². The van der Waals surface area contributed by atoms with Crippen molar-refractivity contribution in [3.05, 3.63) is 83.9 Å². The monoisotopic (exact) mass is 770 g/mol. The number of alkyl halides is 6.